The van der Waals surface area contributed by atoms with Gasteiger partial charge in [0, 0.05) is 9.37 Å². The Balaban J connectivity index is 2.89. The van der Waals surface area contributed by atoms with E-state index >= 15 is 0 Å². The zero-order valence-corrected chi connectivity index (χ0v) is 11.3. The van der Waals surface area contributed by atoms with Gasteiger partial charge in [-0.3, -0.25) is 4.79 Å². The lowest BCUT2D eigenvalue weighted by molar-refractivity contribution is 0.0944. The first-order chi connectivity index (χ1) is 7.58. The molecule has 1 atom stereocenters. The Morgan fingerprint density at radius 3 is 2.94 bits per heavy atom. The summed E-state index contributed by atoms with van der Waals surface area (Å²) in [5.74, 6) is 2.33. The minimum absolute atomic E-state index is 0.187. The van der Waals surface area contributed by atoms with E-state index in [0.29, 0.717) is 12.0 Å². The third kappa shape index (κ3) is 3.29. The van der Waals surface area contributed by atoms with Crippen molar-refractivity contribution in [2.24, 2.45) is 0 Å². The zero-order chi connectivity index (χ0) is 12.1. The van der Waals surface area contributed by atoms with Crippen LogP contribution in [0.25, 0.3) is 0 Å². The third-order valence-electron chi connectivity index (χ3n) is 2.11. The minimum atomic E-state index is -0.233. The second-order valence-corrected chi connectivity index (χ2v) is 4.64. The zero-order valence-electron chi connectivity index (χ0n) is 8.83. The molecule has 0 aliphatic carbocycles. The fraction of sp³-hybridized carbons (Fsp3) is 0.250. The predicted octanol–water partition coefficient (Wildman–Crippen LogP) is 2.88. The van der Waals surface area contributed by atoms with Gasteiger partial charge in [0.1, 0.15) is 0 Å². The highest BCUT2D eigenvalue weighted by Gasteiger charge is 2.13. The van der Waals surface area contributed by atoms with Gasteiger partial charge in [0.05, 0.1) is 11.6 Å². The number of carbonyl (C=O) groups is 1. The van der Waals surface area contributed by atoms with E-state index in [4.69, 9.17) is 6.42 Å². The topological polar surface area (TPSA) is 29.1 Å². The Labute approximate surface area is 109 Å². The van der Waals surface area contributed by atoms with Crippen LogP contribution in [0.5, 0.6) is 0 Å². The van der Waals surface area contributed by atoms with Crippen LogP contribution in [0.4, 0.5) is 0 Å². The van der Waals surface area contributed by atoms with Gasteiger partial charge in [-0.15, -0.1) is 19.1 Å². The summed E-state index contributed by atoms with van der Waals surface area (Å²) in [5, 5.41) is 2.76. The molecule has 1 unspecified atom stereocenters. The highest BCUT2D eigenvalue weighted by Crippen LogP contribution is 2.20. The van der Waals surface area contributed by atoms with Gasteiger partial charge in [0.25, 0.3) is 5.91 Å². The van der Waals surface area contributed by atoms with Gasteiger partial charge in [-0.05, 0) is 40.5 Å². The van der Waals surface area contributed by atoms with E-state index < -0.39 is 0 Å². The lowest BCUT2D eigenvalue weighted by Crippen LogP contribution is -2.33. The first kappa shape index (κ1) is 13.1. The maximum Gasteiger partial charge on any atom is 0.253 e. The highest BCUT2D eigenvalue weighted by molar-refractivity contribution is 9.10. The van der Waals surface area contributed by atoms with Crippen molar-refractivity contribution in [2.45, 2.75) is 24.3 Å². The van der Waals surface area contributed by atoms with Gasteiger partial charge >= 0.3 is 0 Å². The number of halogens is 1. The molecule has 1 aromatic rings. The second kappa shape index (κ2) is 5.97. The summed E-state index contributed by atoms with van der Waals surface area (Å²) in [6.07, 6.45) is 5.99. The average molecular weight is 298 g/mol. The van der Waals surface area contributed by atoms with E-state index in [1.807, 2.05) is 13.0 Å². The lowest BCUT2D eigenvalue weighted by atomic mass is 10.2. The molecular formula is C12H12BrNOS. The Bertz CT molecular complexity index is 439. The van der Waals surface area contributed by atoms with Crippen molar-refractivity contribution in [3.63, 3.8) is 0 Å². The molecule has 4 heteroatoms. The van der Waals surface area contributed by atoms with Crippen LogP contribution in [0.15, 0.2) is 27.6 Å². The maximum atomic E-state index is 11.9. The van der Waals surface area contributed by atoms with E-state index in [1.54, 1.807) is 12.1 Å². The summed E-state index contributed by atoms with van der Waals surface area (Å²) in [7, 11) is 0. The summed E-state index contributed by atoms with van der Waals surface area (Å²) in [6, 6.07) is 5.06. The first-order valence-electron chi connectivity index (χ1n) is 4.84. The highest BCUT2D eigenvalue weighted by atomic mass is 79.9. The van der Waals surface area contributed by atoms with Crippen molar-refractivity contribution in [1.29, 1.82) is 0 Å². The van der Waals surface area contributed by atoms with Crippen molar-refractivity contribution < 1.29 is 4.79 Å². The van der Waals surface area contributed by atoms with Gasteiger partial charge < -0.3 is 5.32 Å². The van der Waals surface area contributed by atoms with Crippen LogP contribution in [0.3, 0.4) is 0 Å². The first-order valence-corrected chi connectivity index (χ1v) is 6.08. The summed E-state index contributed by atoms with van der Waals surface area (Å²) >= 11 is 7.51. The standard InChI is InChI=1S/C12H12BrNOS/c1-3-8(4-2)14-12(15)10-7-9(16)5-6-11(10)13/h1,5-8,16H,4H2,2H3,(H,14,15). The van der Waals surface area contributed by atoms with E-state index in [1.165, 1.54) is 0 Å². The molecule has 0 aliphatic heterocycles. The van der Waals surface area contributed by atoms with E-state index in [9.17, 15) is 4.79 Å². The number of hydrogen-bond acceptors (Lipinski definition) is 2. The quantitative estimate of drug-likeness (QED) is 0.652. The molecule has 0 saturated carbocycles. The summed E-state index contributed by atoms with van der Waals surface area (Å²) in [4.78, 5) is 12.6. The van der Waals surface area contributed by atoms with E-state index in [0.717, 1.165) is 9.37 Å². The van der Waals surface area contributed by atoms with Crippen molar-refractivity contribution in [2.75, 3.05) is 0 Å². The number of nitrogens with one attached hydrogen (secondary N) is 1. The monoisotopic (exact) mass is 297 g/mol. The number of amides is 1. The maximum absolute atomic E-state index is 11.9. The Hall–Kier alpha value is -0.920. The van der Waals surface area contributed by atoms with Crippen LogP contribution in [-0.2, 0) is 0 Å². The molecule has 0 radical (unpaired) electrons. The number of hydrogen-bond donors (Lipinski definition) is 2. The van der Waals surface area contributed by atoms with Crippen LogP contribution in [0.1, 0.15) is 23.7 Å². The molecule has 0 fully saturated rings. The number of rotatable bonds is 3. The number of terminal acetylenes is 1. The molecule has 1 amide bonds. The Morgan fingerprint density at radius 1 is 1.69 bits per heavy atom. The molecule has 1 rings (SSSR count). The molecule has 0 heterocycles. The summed E-state index contributed by atoms with van der Waals surface area (Å²) in [6.45, 7) is 1.93. The fourth-order valence-corrected chi connectivity index (χ4v) is 1.82. The molecule has 0 saturated heterocycles. The summed E-state index contributed by atoms with van der Waals surface area (Å²) < 4.78 is 0.731. The van der Waals surface area contributed by atoms with Crippen molar-refractivity contribution >= 4 is 34.5 Å². The molecule has 1 N–H and O–H groups in total. The van der Waals surface area contributed by atoms with Gasteiger partial charge in [0.2, 0.25) is 0 Å². The molecule has 1 aromatic carbocycles. The number of carbonyl (C=O) groups excluding carboxylic acids is 1. The number of benzene rings is 1. The molecule has 16 heavy (non-hydrogen) atoms. The Kier molecular flexibility index (Phi) is 4.91. The van der Waals surface area contributed by atoms with E-state index in [2.05, 4.69) is 39.8 Å². The molecule has 2 nitrogen and oxygen atoms in total. The molecule has 0 aromatic heterocycles. The molecule has 84 valence electrons. The van der Waals surface area contributed by atoms with Crippen molar-refractivity contribution in [3.8, 4) is 12.3 Å². The molecule has 0 bridgehead atoms. The third-order valence-corrected chi connectivity index (χ3v) is 3.08. The van der Waals surface area contributed by atoms with E-state index in [-0.39, 0.29) is 11.9 Å². The largest absolute Gasteiger partial charge is 0.338 e. The molecule has 0 aliphatic rings. The van der Waals surface area contributed by atoms with Gasteiger partial charge in [0.15, 0.2) is 0 Å². The van der Waals surface area contributed by atoms with Gasteiger partial charge in [-0.25, -0.2) is 0 Å². The van der Waals surface area contributed by atoms with Crippen molar-refractivity contribution in [1.82, 2.24) is 5.32 Å². The number of thiol groups is 1. The van der Waals surface area contributed by atoms with Crippen LogP contribution >= 0.6 is 28.6 Å². The Morgan fingerprint density at radius 2 is 2.38 bits per heavy atom. The fourth-order valence-electron chi connectivity index (χ4n) is 1.18. The minimum Gasteiger partial charge on any atom is -0.338 e. The van der Waals surface area contributed by atoms with Crippen LogP contribution in [0, 0.1) is 12.3 Å². The lowest BCUT2D eigenvalue weighted by Gasteiger charge is -2.11. The molecular weight excluding hydrogens is 286 g/mol. The van der Waals surface area contributed by atoms with Crippen LogP contribution in [-0.4, -0.2) is 11.9 Å². The SMILES string of the molecule is C#CC(CC)NC(=O)c1cc(S)ccc1Br. The predicted molar refractivity (Wildman–Crippen MR) is 71.8 cm³/mol. The van der Waals surface area contributed by atoms with Crippen molar-refractivity contribution in [3.05, 3.63) is 28.2 Å². The normalized spacial score (nSPS) is 11.6. The average Bonchev–Trinajstić information content (AvgIpc) is 2.28. The van der Waals surface area contributed by atoms with Crippen LogP contribution in [0.2, 0.25) is 0 Å². The van der Waals surface area contributed by atoms with Gasteiger partial charge in [-0.2, -0.15) is 0 Å². The molecule has 0 spiro atoms. The van der Waals surface area contributed by atoms with Gasteiger partial charge in [-0.1, -0.05) is 12.8 Å². The second-order valence-electron chi connectivity index (χ2n) is 3.27. The smallest absolute Gasteiger partial charge is 0.253 e. The van der Waals surface area contributed by atoms with Crippen LogP contribution < -0.4 is 5.32 Å². The summed E-state index contributed by atoms with van der Waals surface area (Å²) in [5.41, 5.74) is 0.543.